The molecule has 154 valence electrons. The van der Waals surface area contributed by atoms with Crippen LogP contribution in [-0.2, 0) is 6.54 Å². The molecule has 0 saturated heterocycles. The van der Waals surface area contributed by atoms with E-state index in [0.29, 0.717) is 25.3 Å². The Morgan fingerprint density at radius 2 is 1.62 bits per heavy atom. The Labute approximate surface area is 173 Å². The Morgan fingerprint density at radius 3 is 2.21 bits per heavy atom. The Balaban J connectivity index is 1.26. The van der Waals surface area contributed by atoms with Gasteiger partial charge in [0.15, 0.2) is 0 Å². The molecule has 2 aliphatic rings. The highest BCUT2D eigenvalue weighted by Gasteiger charge is 2.29. The van der Waals surface area contributed by atoms with Crippen molar-refractivity contribution in [2.24, 2.45) is 0 Å². The van der Waals surface area contributed by atoms with Gasteiger partial charge in [0.1, 0.15) is 18.1 Å². The van der Waals surface area contributed by atoms with Gasteiger partial charge >= 0.3 is 0 Å². The van der Waals surface area contributed by atoms with Gasteiger partial charge in [-0.2, -0.15) is 0 Å². The maximum atomic E-state index is 12.1. The minimum atomic E-state index is 0.0434. The van der Waals surface area contributed by atoms with Gasteiger partial charge < -0.3 is 14.8 Å². The van der Waals surface area contributed by atoms with Crippen LogP contribution in [0.4, 0.5) is 0 Å². The van der Waals surface area contributed by atoms with Gasteiger partial charge in [0.2, 0.25) is 0 Å². The molecule has 0 bridgehead atoms. The number of amides is 1. The summed E-state index contributed by atoms with van der Waals surface area (Å²) in [5.41, 5.74) is 1.98. The summed E-state index contributed by atoms with van der Waals surface area (Å²) in [6, 6.07) is 16.9. The maximum absolute atomic E-state index is 12.1. The van der Waals surface area contributed by atoms with E-state index in [-0.39, 0.29) is 5.91 Å². The first-order valence-corrected chi connectivity index (χ1v) is 10.7. The molecule has 0 radical (unpaired) electrons. The summed E-state index contributed by atoms with van der Waals surface area (Å²) in [6.45, 7) is 5.09. The van der Waals surface area contributed by atoms with E-state index in [0.717, 1.165) is 43.0 Å². The van der Waals surface area contributed by atoms with Gasteiger partial charge in [0, 0.05) is 30.7 Å². The smallest absolute Gasteiger partial charge is 0.251 e. The molecule has 0 heterocycles. The first kappa shape index (κ1) is 19.8. The molecule has 0 aliphatic heterocycles. The van der Waals surface area contributed by atoms with E-state index in [1.807, 2.05) is 43.3 Å². The van der Waals surface area contributed by atoms with Crippen LogP contribution in [-0.4, -0.2) is 42.6 Å². The molecule has 5 heteroatoms. The standard InChI is InChI=1S/C24H30N2O3/c1-2-28-22-11-13-23(14-12-22)29-16-15-26(21-9-10-21)17-18-3-5-19(6-4-18)24(27)25-20-7-8-20/h3-6,11-14,20-21H,2,7-10,15-17H2,1H3,(H,25,27). The summed E-state index contributed by atoms with van der Waals surface area (Å²) in [5.74, 6) is 1.78. The Hall–Kier alpha value is -2.53. The van der Waals surface area contributed by atoms with E-state index < -0.39 is 0 Å². The highest BCUT2D eigenvalue weighted by molar-refractivity contribution is 5.94. The number of carbonyl (C=O) groups is 1. The van der Waals surface area contributed by atoms with E-state index in [1.54, 1.807) is 0 Å². The molecule has 0 unspecified atom stereocenters. The summed E-state index contributed by atoms with van der Waals surface area (Å²) in [5, 5.41) is 3.04. The first-order chi connectivity index (χ1) is 14.2. The third-order valence-electron chi connectivity index (χ3n) is 5.36. The third kappa shape index (κ3) is 5.97. The van der Waals surface area contributed by atoms with Crippen molar-refractivity contribution in [1.29, 1.82) is 0 Å². The van der Waals surface area contributed by atoms with Crippen molar-refractivity contribution in [3.05, 3.63) is 59.7 Å². The number of benzene rings is 2. The second-order valence-electron chi connectivity index (χ2n) is 7.90. The lowest BCUT2D eigenvalue weighted by Crippen LogP contribution is -2.30. The molecule has 2 saturated carbocycles. The van der Waals surface area contributed by atoms with Crippen LogP contribution < -0.4 is 14.8 Å². The molecule has 0 spiro atoms. The second kappa shape index (κ2) is 9.31. The highest BCUT2D eigenvalue weighted by atomic mass is 16.5. The van der Waals surface area contributed by atoms with Crippen molar-refractivity contribution < 1.29 is 14.3 Å². The molecule has 29 heavy (non-hydrogen) atoms. The molecule has 4 rings (SSSR count). The maximum Gasteiger partial charge on any atom is 0.251 e. The Bertz CT molecular complexity index is 796. The quantitative estimate of drug-likeness (QED) is 0.625. The molecule has 5 nitrogen and oxygen atoms in total. The van der Waals surface area contributed by atoms with Crippen LogP contribution in [0.15, 0.2) is 48.5 Å². The lowest BCUT2D eigenvalue weighted by Gasteiger charge is -2.22. The van der Waals surface area contributed by atoms with Crippen LogP contribution in [0.1, 0.15) is 48.5 Å². The predicted octanol–water partition coefficient (Wildman–Crippen LogP) is 4.02. The molecular weight excluding hydrogens is 364 g/mol. The van der Waals surface area contributed by atoms with Gasteiger partial charge in [-0.05, 0) is 74.6 Å². The van der Waals surface area contributed by atoms with E-state index in [9.17, 15) is 4.79 Å². The summed E-state index contributed by atoms with van der Waals surface area (Å²) < 4.78 is 11.4. The fourth-order valence-corrected chi connectivity index (χ4v) is 3.40. The van der Waals surface area contributed by atoms with Crippen molar-refractivity contribution in [2.45, 2.75) is 51.2 Å². The van der Waals surface area contributed by atoms with Crippen LogP contribution in [0.2, 0.25) is 0 Å². The van der Waals surface area contributed by atoms with E-state index >= 15 is 0 Å². The predicted molar refractivity (Wildman–Crippen MR) is 113 cm³/mol. The van der Waals surface area contributed by atoms with Crippen LogP contribution >= 0.6 is 0 Å². The number of rotatable bonds is 11. The number of ether oxygens (including phenoxy) is 2. The van der Waals surface area contributed by atoms with Crippen molar-refractivity contribution >= 4 is 5.91 Å². The average Bonchev–Trinajstić information content (AvgIpc) is 3.64. The number of hydrogen-bond donors (Lipinski definition) is 1. The van der Waals surface area contributed by atoms with Crippen LogP contribution in [0.3, 0.4) is 0 Å². The second-order valence-corrected chi connectivity index (χ2v) is 7.90. The largest absolute Gasteiger partial charge is 0.494 e. The van der Waals surface area contributed by atoms with Gasteiger partial charge in [-0.1, -0.05) is 12.1 Å². The van der Waals surface area contributed by atoms with Gasteiger partial charge in [0.05, 0.1) is 6.61 Å². The Morgan fingerprint density at radius 1 is 0.966 bits per heavy atom. The lowest BCUT2D eigenvalue weighted by atomic mass is 10.1. The monoisotopic (exact) mass is 394 g/mol. The van der Waals surface area contributed by atoms with E-state index in [2.05, 4.69) is 22.3 Å². The van der Waals surface area contributed by atoms with Gasteiger partial charge in [-0.3, -0.25) is 9.69 Å². The number of nitrogens with zero attached hydrogens (tertiary/aromatic N) is 1. The fourth-order valence-electron chi connectivity index (χ4n) is 3.40. The average molecular weight is 395 g/mol. The number of nitrogens with one attached hydrogen (secondary N) is 1. The first-order valence-electron chi connectivity index (χ1n) is 10.7. The molecule has 1 N–H and O–H groups in total. The normalized spacial score (nSPS) is 15.9. The van der Waals surface area contributed by atoms with Crippen LogP contribution in [0.25, 0.3) is 0 Å². The van der Waals surface area contributed by atoms with Crippen LogP contribution in [0, 0.1) is 0 Å². The highest BCUT2D eigenvalue weighted by Crippen LogP contribution is 2.28. The van der Waals surface area contributed by atoms with Gasteiger partial charge in [-0.25, -0.2) is 0 Å². The zero-order valence-corrected chi connectivity index (χ0v) is 17.1. The molecule has 2 aromatic carbocycles. The van der Waals surface area contributed by atoms with Crippen molar-refractivity contribution in [3.8, 4) is 11.5 Å². The zero-order chi connectivity index (χ0) is 20.1. The van der Waals surface area contributed by atoms with Gasteiger partial charge in [0.25, 0.3) is 5.91 Å². The SMILES string of the molecule is CCOc1ccc(OCCN(Cc2ccc(C(=O)NC3CC3)cc2)C2CC2)cc1. The Kier molecular flexibility index (Phi) is 6.35. The molecular formula is C24H30N2O3. The van der Waals surface area contributed by atoms with Crippen molar-refractivity contribution in [3.63, 3.8) is 0 Å². The van der Waals surface area contributed by atoms with Crippen molar-refractivity contribution in [1.82, 2.24) is 10.2 Å². The van der Waals surface area contributed by atoms with E-state index in [4.69, 9.17) is 9.47 Å². The summed E-state index contributed by atoms with van der Waals surface area (Å²) >= 11 is 0. The molecule has 2 aromatic rings. The zero-order valence-electron chi connectivity index (χ0n) is 17.1. The summed E-state index contributed by atoms with van der Waals surface area (Å²) in [6.07, 6.45) is 4.73. The van der Waals surface area contributed by atoms with Crippen LogP contribution in [0.5, 0.6) is 11.5 Å². The molecule has 2 aliphatic carbocycles. The number of hydrogen-bond acceptors (Lipinski definition) is 4. The third-order valence-corrected chi connectivity index (χ3v) is 5.36. The molecule has 2 fully saturated rings. The number of carbonyl (C=O) groups excluding carboxylic acids is 1. The molecule has 0 aromatic heterocycles. The lowest BCUT2D eigenvalue weighted by molar-refractivity contribution is 0.0951. The van der Waals surface area contributed by atoms with Crippen molar-refractivity contribution in [2.75, 3.05) is 19.8 Å². The van der Waals surface area contributed by atoms with E-state index in [1.165, 1.54) is 18.4 Å². The molecule has 1 amide bonds. The molecule has 0 atom stereocenters. The summed E-state index contributed by atoms with van der Waals surface area (Å²) in [7, 11) is 0. The minimum absolute atomic E-state index is 0.0434. The topological polar surface area (TPSA) is 50.8 Å². The summed E-state index contributed by atoms with van der Waals surface area (Å²) in [4.78, 5) is 14.6. The van der Waals surface area contributed by atoms with Gasteiger partial charge in [-0.15, -0.1) is 0 Å². The minimum Gasteiger partial charge on any atom is -0.494 e. The fraction of sp³-hybridized carbons (Fsp3) is 0.458.